The molecule has 0 fully saturated rings. The Morgan fingerprint density at radius 1 is 0.533 bits per heavy atom. The van der Waals surface area contributed by atoms with Crippen LogP contribution >= 0.6 is 0 Å². The largest absolute Gasteiger partial charge is 3.00 e. The Morgan fingerprint density at radius 2 is 0.844 bits per heavy atom. The molecule has 2 radical (unpaired) electrons. The SMILES string of the molecule is C[SiH]C.Cc1cc2c(-c3ccc(C(F)(F)F)cc3)cccc2[cH-]1.Cc1cc2c(-c3ccc(C(F)(F)F)cc3)cccc2[cH-]1.[Cl-].[Zr+3]. The summed E-state index contributed by atoms with van der Waals surface area (Å²) in [5.74, 6) is 0. The number of hydrogen-bond acceptors (Lipinski definition) is 0. The Hall–Kier alpha value is -2.93. The molecule has 0 saturated heterocycles. The van der Waals surface area contributed by atoms with Gasteiger partial charge in [0.1, 0.15) is 0 Å². The Labute approximate surface area is 287 Å². The number of halogens is 7. The molecule has 0 bridgehead atoms. The molecule has 9 heteroatoms. The first kappa shape index (κ1) is 38.3. The van der Waals surface area contributed by atoms with Crippen molar-refractivity contribution in [3.05, 3.63) is 131 Å². The van der Waals surface area contributed by atoms with E-state index in [9.17, 15) is 26.3 Å². The van der Waals surface area contributed by atoms with Crippen LogP contribution in [0.5, 0.6) is 0 Å². The van der Waals surface area contributed by atoms with Crippen LogP contribution in [0, 0.1) is 13.8 Å². The molecule has 232 valence electrons. The summed E-state index contributed by atoms with van der Waals surface area (Å²) in [6.07, 6.45) is -8.58. The van der Waals surface area contributed by atoms with Crippen LogP contribution in [-0.4, -0.2) is 9.52 Å². The summed E-state index contributed by atoms with van der Waals surface area (Å²) in [6.45, 7) is 8.44. The quantitative estimate of drug-likeness (QED) is 0.0951. The van der Waals surface area contributed by atoms with Gasteiger partial charge in [-0.1, -0.05) is 74.5 Å². The van der Waals surface area contributed by atoms with Gasteiger partial charge in [0.05, 0.1) is 11.1 Å². The van der Waals surface area contributed by atoms with Crippen LogP contribution in [0.1, 0.15) is 22.3 Å². The van der Waals surface area contributed by atoms with Crippen molar-refractivity contribution in [1.29, 1.82) is 0 Å². The van der Waals surface area contributed by atoms with Crippen LogP contribution in [0.15, 0.2) is 109 Å². The standard InChI is InChI=1S/2C17H12F3.C2H7Si.ClH.Zr/c2*1-11-9-13-3-2-4-15(16(13)10-11)12-5-7-14(8-6-12)17(18,19)20;1-3-2;;/h2*2-10H,1H3;3H,1-2H3;1H;/q2*-1;;;+3/p-1. The van der Waals surface area contributed by atoms with Gasteiger partial charge in [-0.25, -0.2) is 0 Å². The maximum atomic E-state index is 12.6. The molecule has 0 heterocycles. The third-order valence-electron chi connectivity index (χ3n) is 6.84. The van der Waals surface area contributed by atoms with Crippen LogP contribution in [0.4, 0.5) is 26.3 Å². The molecule has 0 aliphatic heterocycles. The molecule has 0 saturated carbocycles. The summed E-state index contributed by atoms with van der Waals surface area (Å²) in [4.78, 5) is 0. The van der Waals surface area contributed by atoms with Gasteiger partial charge in [-0.3, -0.25) is 0 Å². The minimum absolute atomic E-state index is 0. The maximum absolute atomic E-state index is 12.6. The number of aryl methyl sites for hydroxylation is 2. The van der Waals surface area contributed by atoms with Crippen molar-refractivity contribution in [2.24, 2.45) is 0 Å². The zero-order chi connectivity index (χ0) is 31.4. The molecule has 0 aliphatic rings. The molecular formula is C36H31ClF6SiZr. The Morgan fingerprint density at radius 3 is 1.13 bits per heavy atom. The Bertz CT molecular complexity index is 1660. The smallest absolute Gasteiger partial charge is 1.00 e. The Kier molecular flexibility index (Phi) is 13.7. The van der Waals surface area contributed by atoms with Crippen LogP contribution in [0.25, 0.3) is 43.8 Å². The van der Waals surface area contributed by atoms with Gasteiger partial charge in [0.25, 0.3) is 0 Å². The number of benzene rings is 4. The van der Waals surface area contributed by atoms with Gasteiger partial charge in [-0.2, -0.15) is 38.5 Å². The first-order chi connectivity index (χ1) is 20.3. The van der Waals surface area contributed by atoms with E-state index in [2.05, 4.69) is 37.4 Å². The first-order valence-corrected chi connectivity index (χ1v) is 16.0. The van der Waals surface area contributed by atoms with E-state index in [1.165, 1.54) is 24.3 Å². The fourth-order valence-electron chi connectivity index (χ4n) is 4.95. The molecule has 0 atom stereocenters. The molecule has 6 aromatic carbocycles. The van der Waals surface area contributed by atoms with Crippen molar-refractivity contribution in [2.45, 2.75) is 39.3 Å². The monoisotopic (exact) mass is 730 g/mol. The van der Waals surface area contributed by atoms with E-state index < -0.39 is 23.5 Å². The molecule has 0 amide bonds. The van der Waals surface area contributed by atoms with Crippen LogP contribution in [-0.2, 0) is 38.6 Å². The molecule has 0 unspecified atom stereocenters. The predicted molar refractivity (Wildman–Crippen MR) is 168 cm³/mol. The third-order valence-corrected chi connectivity index (χ3v) is 6.84. The van der Waals surface area contributed by atoms with Gasteiger partial charge in [0, 0.05) is 9.52 Å². The van der Waals surface area contributed by atoms with Crippen molar-refractivity contribution >= 4 is 31.1 Å². The van der Waals surface area contributed by atoms with Gasteiger partial charge >= 0.3 is 38.6 Å². The molecule has 0 aliphatic carbocycles. The fraction of sp³-hybridized carbons (Fsp3) is 0.167. The van der Waals surface area contributed by atoms with Crippen molar-refractivity contribution in [3.8, 4) is 22.3 Å². The summed E-state index contributed by atoms with van der Waals surface area (Å²) >= 11 is 0. The predicted octanol–water partition coefficient (Wildman–Crippen LogP) is 8.63. The molecule has 0 spiro atoms. The Balaban J connectivity index is 0.000000277. The summed E-state index contributed by atoms with van der Waals surface area (Å²) in [6, 6.07) is 30.6. The van der Waals surface area contributed by atoms with Crippen molar-refractivity contribution < 1.29 is 65.0 Å². The molecule has 0 N–H and O–H groups in total. The number of rotatable bonds is 2. The first-order valence-electron chi connectivity index (χ1n) is 13.7. The number of alkyl halides is 6. The van der Waals surface area contributed by atoms with Gasteiger partial charge in [-0.05, 0) is 35.4 Å². The zero-order valence-electron chi connectivity index (χ0n) is 25.1. The molecule has 6 rings (SSSR count). The minimum Gasteiger partial charge on any atom is -1.00 e. The van der Waals surface area contributed by atoms with Crippen LogP contribution in [0.2, 0.25) is 13.1 Å². The number of fused-ring (bicyclic) bond motifs is 2. The normalized spacial score (nSPS) is 11.1. The second kappa shape index (κ2) is 16.1. The molecule has 0 aromatic heterocycles. The second-order valence-electron chi connectivity index (χ2n) is 10.4. The van der Waals surface area contributed by atoms with Gasteiger partial charge in [-0.15, -0.1) is 69.1 Å². The van der Waals surface area contributed by atoms with Crippen molar-refractivity contribution in [1.82, 2.24) is 0 Å². The molecule has 6 aromatic rings. The van der Waals surface area contributed by atoms with E-state index >= 15 is 0 Å². The van der Waals surface area contributed by atoms with Gasteiger partial charge in [0.2, 0.25) is 0 Å². The van der Waals surface area contributed by atoms with Crippen molar-refractivity contribution in [3.63, 3.8) is 0 Å². The van der Waals surface area contributed by atoms with E-state index in [1.54, 1.807) is 0 Å². The molecule has 0 nitrogen and oxygen atoms in total. The van der Waals surface area contributed by atoms with E-state index in [1.807, 2.05) is 50.2 Å². The van der Waals surface area contributed by atoms with E-state index in [0.29, 0.717) is 0 Å². The maximum Gasteiger partial charge on any atom is 3.00 e. The van der Waals surface area contributed by atoms with Crippen LogP contribution in [0.3, 0.4) is 0 Å². The average molecular weight is 732 g/mol. The zero-order valence-corrected chi connectivity index (χ0v) is 29.5. The second-order valence-corrected chi connectivity index (χ2v) is 11.6. The third kappa shape index (κ3) is 9.54. The van der Waals surface area contributed by atoms with Crippen LogP contribution < -0.4 is 12.4 Å². The summed E-state index contributed by atoms with van der Waals surface area (Å²) < 4.78 is 75.5. The van der Waals surface area contributed by atoms with Crippen molar-refractivity contribution in [2.75, 3.05) is 0 Å². The summed E-state index contributed by atoms with van der Waals surface area (Å²) in [5.41, 5.74) is 4.59. The topological polar surface area (TPSA) is 0 Å². The van der Waals surface area contributed by atoms with E-state index in [0.717, 1.165) is 88.7 Å². The summed E-state index contributed by atoms with van der Waals surface area (Å²) in [7, 11) is 0.750. The minimum atomic E-state index is -4.29. The summed E-state index contributed by atoms with van der Waals surface area (Å²) in [5, 5.41) is 4.37. The average Bonchev–Trinajstić information content (AvgIpc) is 3.53. The molecule has 45 heavy (non-hydrogen) atoms. The van der Waals surface area contributed by atoms with Gasteiger partial charge in [0.15, 0.2) is 0 Å². The molecular weight excluding hydrogens is 701 g/mol. The fourth-order valence-corrected chi connectivity index (χ4v) is 4.95. The van der Waals surface area contributed by atoms with E-state index in [-0.39, 0.29) is 38.6 Å². The number of hydrogen-bond donors (Lipinski definition) is 0. The van der Waals surface area contributed by atoms with Gasteiger partial charge < -0.3 is 12.4 Å². The van der Waals surface area contributed by atoms with E-state index in [4.69, 9.17) is 0 Å².